The van der Waals surface area contributed by atoms with E-state index in [2.05, 4.69) is 10.3 Å². The number of piperazine rings is 1. The maximum Gasteiger partial charge on any atom is 0.341 e. The molecule has 2 atom stereocenters. The highest BCUT2D eigenvalue weighted by atomic mass is 19.1. The van der Waals surface area contributed by atoms with Crippen molar-refractivity contribution in [1.29, 1.82) is 0 Å². The summed E-state index contributed by atoms with van der Waals surface area (Å²) in [7, 11) is 0. The van der Waals surface area contributed by atoms with Crippen LogP contribution >= 0.6 is 0 Å². The minimum Gasteiger partial charge on any atom is -0.477 e. The fourth-order valence-corrected chi connectivity index (χ4v) is 3.75. The van der Waals surface area contributed by atoms with Gasteiger partial charge in [0, 0.05) is 37.4 Å². The molecular formula is C19H13F3N4O3. The van der Waals surface area contributed by atoms with Gasteiger partial charge in [0.25, 0.3) is 0 Å². The fourth-order valence-electron chi connectivity index (χ4n) is 3.75. The number of carboxylic acids is 1. The summed E-state index contributed by atoms with van der Waals surface area (Å²) in [5.41, 5.74) is -1.94. The van der Waals surface area contributed by atoms with Crippen molar-refractivity contribution in [1.82, 2.24) is 14.9 Å². The molecule has 2 aliphatic rings. The highest BCUT2D eigenvalue weighted by molar-refractivity contribution is 5.92. The summed E-state index contributed by atoms with van der Waals surface area (Å²) in [6.45, 7) is 1.06. The number of carboxylic acid groups (broad SMARTS) is 1. The summed E-state index contributed by atoms with van der Waals surface area (Å²) in [5, 5.41) is 12.2. The highest BCUT2D eigenvalue weighted by Crippen LogP contribution is 2.30. The number of fused-ring (bicyclic) bond motifs is 2. The molecule has 0 spiro atoms. The molecule has 0 aliphatic carbocycles. The lowest BCUT2D eigenvalue weighted by Crippen LogP contribution is -2.29. The van der Waals surface area contributed by atoms with Gasteiger partial charge >= 0.3 is 5.97 Å². The largest absolute Gasteiger partial charge is 0.477 e. The maximum atomic E-state index is 14.7. The number of aromatic carboxylic acids is 1. The Hall–Kier alpha value is -3.40. The van der Waals surface area contributed by atoms with Crippen molar-refractivity contribution >= 4 is 22.8 Å². The second-order valence-electron chi connectivity index (χ2n) is 7.09. The molecule has 5 rings (SSSR count). The molecule has 2 N–H and O–H groups in total. The number of anilines is 1. The van der Waals surface area contributed by atoms with Crippen molar-refractivity contribution in [3.8, 4) is 5.69 Å². The number of halogens is 3. The Kier molecular flexibility index (Phi) is 3.69. The summed E-state index contributed by atoms with van der Waals surface area (Å²) >= 11 is 0. The average molecular weight is 402 g/mol. The van der Waals surface area contributed by atoms with E-state index >= 15 is 0 Å². The summed E-state index contributed by atoms with van der Waals surface area (Å²) < 4.78 is 43.6. The van der Waals surface area contributed by atoms with Gasteiger partial charge in [0.15, 0.2) is 17.3 Å². The number of aromatic nitrogens is 2. The Balaban J connectivity index is 1.80. The lowest BCUT2D eigenvalue weighted by molar-refractivity contribution is 0.0695. The van der Waals surface area contributed by atoms with Crippen LogP contribution in [0.4, 0.5) is 19.0 Å². The van der Waals surface area contributed by atoms with Crippen LogP contribution in [-0.4, -0.2) is 45.8 Å². The Morgan fingerprint density at radius 2 is 1.86 bits per heavy atom. The second-order valence-corrected chi connectivity index (χ2v) is 7.09. The third-order valence-electron chi connectivity index (χ3n) is 5.25. The van der Waals surface area contributed by atoms with Crippen LogP contribution in [0.1, 0.15) is 10.4 Å². The van der Waals surface area contributed by atoms with Crippen molar-refractivity contribution in [3.63, 3.8) is 0 Å². The van der Waals surface area contributed by atoms with Crippen LogP contribution in [0.5, 0.6) is 0 Å². The Morgan fingerprint density at radius 3 is 2.52 bits per heavy atom. The first kappa shape index (κ1) is 17.7. The lowest BCUT2D eigenvalue weighted by atomic mass is 10.1. The monoisotopic (exact) mass is 402 g/mol. The SMILES string of the molecule is O=C(O)c1cn(-c2ccc(F)cc2F)c2nc(N3C[C@H]4N[C@@H]4C3)c(F)cc2c1=O. The van der Waals surface area contributed by atoms with Crippen LogP contribution in [0.15, 0.2) is 35.3 Å². The minimum absolute atomic E-state index is 0.00903. The van der Waals surface area contributed by atoms with E-state index in [1.165, 1.54) is 0 Å². The molecule has 2 saturated heterocycles. The molecule has 4 heterocycles. The van der Waals surface area contributed by atoms with E-state index in [-0.39, 0.29) is 34.6 Å². The zero-order chi connectivity index (χ0) is 20.4. The zero-order valence-corrected chi connectivity index (χ0v) is 14.7. The van der Waals surface area contributed by atoms with E-state index in [1.807, 2.05) is 0 Å². The first-order valence-corrected chi connectivity index (χ1v) is 8.79. The number of carbonyl (C=O) groups is 1. The Bertz CT molecular complexity index is 1250. The van der Waals surface area contributed by atoms with Gasteiger partial charge in [-0.1, -0.05) is 0 Å². The van der Waals surface area contributed by atoms with Gasteiger partial charge in [0.1, 0.15) is 17.2 Å². The van der Waals surface area contributed by atoms with Crippen molar-refractivity contribution in [2.75, 3.05) is 18.0 Å². The molecule has 148 valence electrons. The van der Waals surface area contributed by atoms with Crippen LogP contribution in [-0.2, 0) is 0 Å². The van der Waals surface area contributed by atoms with Crippen LogP contribution in [0, 0.1) is 17.5 Å². The van der Waals surface area contributed by atoms with E-state index in [1.54, 1.807) is 4.90 Å². The highest BCUT2D eigenvalue weighted by Gasteiger charge is 2.45. The molecule has 3 aromatic rings. The van der Waals surface area contributed by atoms with Gasteiger partial charge < -0.3 is 15.3 Å². The zero-order valence-electron chi connectivity index (χ0n) is 14.7. The van der Waals surface area contributed by atoms with Crippen molar-refractivity contribution in [3.05, 3.63) is 63.7 Å². The Labute approximate surface area is 161 Å². The first-order chi connectivity index (χ1) is 13.8. The third kappa shape index (κ3) is 2.75. The predicted molar refractivity (Wildman–Crippen MR) is 97.1 cm³/mol. The van der Waals surface area contributed by atoms with Crippen LogP contribution in [0.25, 0.3) is 16.7 Å². The quantitative estimate of drug-likeness (QED) is 0.647. The first-order valence-electron chi connectivity index (χ1n) is 8.79. The van der Waals surface area contributed by atoms with Crippen molar-refractivity contribution in [2.45, 2.75) is 12.1 Å². The summed E-state index contributed by atoms with van der Waals surface area (Å²) in [6, 6.07) is 4.13. The molecule has 7 nitrogen and oxygen atoms in total. The van der Waals surface area contributed by atoms with Crippen LogP contribution in [0.2, 0.25) is 0 Å². The van der Waals surface area contributed by atoms with E-state index < -0.39 is 34.4 Å². The van der Waals surface area contributed by atoms with Crippen molar-refractivity contribution < 1.29 is 23.1 Å². The molecule has 29 heavy (non-hydrogen) atoms. The molecule has 2 aliphatic heterocycles. The van der Waals surface area contributed by atoms with Gasteiger partial charge in [-0.25, -0.2) is 22.9 Å². The minimum atomic E-state index is -1.55. The second kappa shape index (κ2) is 6.05. The lowest BCUT2D eigenvalue weighted by Gasteiger charge is -2.21. The standard InChI is InChI=1S/C19H13F3N4O3/c20-8-1-2-15(11(21)3-8)26-5-10(19(28)29)16(27)9-4-12(22)18(24-17(9)26)25-6-13-14(7-25)23-13/h1-5,13-14,23H,6-7H2,(H,28,29)/t13-,14-/m1/s1. The maximum absolute atomic E-state index is 14.7. The molecule has 10 heteroatoms. The molecular weight excluding hydrogens is 389 g/mol. The molecule has 2 fully saturated rings. The van der Waals surface area contributed by atoms with Crippen LogP contribution < -0.4 is 15.6 Å². The van der Waals surface area contributed by atoms with Crippen molar-refractivity contribution in [2.24, 2.45) is 0 Å². The normalized spacial score (nSPS) is 20.2. The number of rotatable bonds is 3. The number of nitrogens with zero attached hydrogens (tertiary/aromatic N) is 3. The van der Waals surface area contributed by atoms with Gasteiger partial charge in [-0.15, -0.1) is 0 Å². The topological polar surface area (TPSA) is 97.4 Å². The summed E-state index contributed by atoms with van der Waals surface area (Å²) in [6.07, 6.45) is 0.918. The number of pyridine rings is 2. The summed E-state index contributed by atoms with van der Waals surface area (Å²) in [4.78, 5) is 30.0. The van der Waals surface area contributed by atoms with Gasteiger partial charge in [-0.05, 0) is 18.2 Å². The Morgan fingerprint density at radius 1 is 1.14 bits per heavy atom. The number of nitrogens with one attached hydrogen (secondary N) is 1. The fraction of sp³-hybridized carbons (Fsp3) is 0.211. The summed E-state index contributed by atoms with van der Waals surface area (Å²) in [5.74, 6) is -4.14. The molecule has 0 amide bonds. The van der Waals surface area contributed by atoms with E-state index in [0.717, 1.165) is 29.0 Å². The van der Waals surface area contributed by atoms with E-state index in [0.29, 0.717) is 19.2 Å². The molecule has 1 aromatic carbocycles. The number of benzene rings is 1. The van der Waals surface area contributed by atoms with E-state index in [4.69, 9.17) is 0 Å². The smallest absolute Gasteiger partial charge is 0.341 e. The number of hydrogen-bond donors (Lipinski definition) is 2. The molecule has 0 radical (unpaired) electrons. The molecule has 0 bridgehead atoms. The third-order valence-corrected chi connectivity index (χ3v) is 5.25. The number of hydrogen-bond acceptors (Lipinski definition) is 5. The van der Waals surface area contributed by atoms with Gasteiger partial charge in [-0.2, -0.15) is 0 Å². The van der Waals surface area contributed by atoms with Gasteiger partial charge in [-0.3, -0.25) is 9.36 Å². The average Bonchev–Trinajstić information content (AvgIpc) is 3.28. The predicted octanol–water partition coefficient (Wildman–Crippen LogP) is 1.66. The van der Waals surface area contributed by atoms with E-state index in [9.17, 15) is 27.9 Å². The molecule has 0 saturated carbocycles. The van der Waals surface area contributed by atoms with Gasteiger partial charge in [0.05, 0.1) is 11.1 Å². The van der Waals surface area contributed by atoms with Gasteiger partial charge in [0.2, 0.25) is 5.43 Å². The molecule has 2 aromatic heterocycles. The molecule has 0 unspecified atom stereocenters. The van der Waals surface area contributed by atoms with Crippen LogP contribution in [0.3, 0.4) is 0 Å².